The fraction of sp³-hybridized carbons (Fsp3) is 0.250. The van der Waals surface area contributed by atoms with Crippen LogP contribution in [0.25, 0.3) is 0 Å². The lowest BCUT2D eigenvalue weighted by Gasteiger charge is -2.35. The number of rotatable bonds is 4. The van der Waals surface area contributed by atoms with E-state index in [1.165, 1.54) is 4.90 Å². The third-order valence-electron chi connectivity index (χ3n) is 3.98. The van der Waals surface area contributed by atoms with Crippen LogP contribution in [0.2, 0.25) is 0 Å². The number of sulfone groups is 1. The molecule has 1 fully saturated rings. The molecule has 1 saturated heterocycles. The lowest BCUT2D eigenvalue weighted by atomic mass is 10.1. The number of aromatic nitrogens is 1. The maximum Gasteiger partial charge on any atom is 0.573 e. The Morgan fingerprint density at radius 2 is 1.93 bits per heavy atom. The number of aliphatic hydroxyl groups excluding tert-OH is 1. The van der Waals surface area contributed by atoms with Crippen molar-refractivity contribution in [2.75, 3.05) is 18.8 Å². The monoisotopic (exact) mass is 435 g/mol. The first-order valence-electron chi connectivity index (χ1n) is 7.92. The molecule has 3 N–H and O–H groups in total. The lowest BCUT2D eigenvalue weighted by molar-refractivity contribution is -0.274. The third kappa shape index (κ3) is 4.24. The molecular weight excluding hydrogens is 422 g/mol. The number of pyridine rings is 1. The summed E-state index contributed by atoms with van der Waals surface area (Å²) in [5.41, 5.74) is 5.16. The van der Waals surface area contributed by atoms with E-state index < -0.39 is 49.6 Å². The van der Waals surface area contributed by atoms with Crippen molar-refractivity contribution in [1.29, 1.82) is 0 Å². The van der Waals surface area contributed by atoms with E-state index in [9.17, 15) is 35.9 Å². The number of anilines is 1. The maximum absolute atomic E-state index is 14.1. The fourth-order valence-electron chi connectivity index (χ4n) is 2.58. The molecule has 1 aliphatic heterocycles. The van der Waals surface area contributed by atoms with Gasteiger partial charge in [-0.2, -0.15) is 0 Å². The zero-order valence-electron chi connectivity index (χ0n) is 14.4. The van der Waals surface area contributed by atoms with Gasteiger partial charge in [0.2, 0.25) is 9.84 Å². The van der Waals surface area contributed by atoms with Gasteiger partial charge in [0, 0.05) is 25.4 Å². The van der Waals surface area contributed by atoms with E-state index in [1.807, 2.05) is 0 Å². The summed E-state index contributed by atoms with van der Waals surface area (Å²) in [5, 5.41) is 9.24. The summed E-state index contributed by atoms with van der Waals surface area (Å²) in [5.74, 6) is -3.01. The molecular formula is C16H13F4N3O5S. The van der Waals surface area contributed by atoms with Crippen LogP contribution in [-0.2, 0) is 9.84 Å². The van der Waals surface area contributed by atoms with Crippen LogP contribution < -0.4 is 10.5 Å². The molecule has 1 aromatic heterocycles. The van der Waals surface area contributed by atoms with Crippen molar-refractivity contribution in [3.05, 3.63) is 42.0 Å². The number of amides is 1. The van der Waals surface area contributed by atoms with Crippen molar-refractivity contribution in [3.63, 3.8) is 0 Å². The predicted molar refractivity (Wildman–Crippen MR) is 89.1 cm³/mol. The first kappa shape index (κ1) is 20.8. The number of nitrogen functional groups attached to an aromatic ring is 1. The molecule has 2 aromatic rings. The number of hydrogen-bond donors (Lipinski definition) is 2. The summed E-state index contributed by atoms with van der Waals surface area (Å²) in [7, 11) is -4.53. The van der Waals surface area contributed by atoms with Crippen molar-refractivity contribution < 1.29 is 40.6 Å². The van der Waals surface area contributed by atoms with Gasteiger partial charge in [-0.25, -0.2) is 17.8 Å². The van der Waals surface area contributed by atoms with Crippen molar-refractivity contribution >= 4 is 21.4 Å². The lowest BCUT2D eigenvalue weighted by Crippen LogP contribution is -2.53. The predicted octanol–water partition coefficient (Wildman–Crippen LogP) is 1.35. The summed E-state index contributed by atoms with van der Waals surface area (Å²) in [6.07, 6.45) is -4.94. The number of halogens is 4. The highest BCUT2D eigenvalue weighted by molar-refractivity contribution is 7.91. The number of aliphatic hydroxyl groups is 1. The second kappa shape index (κ2) is 7.15. The summed E-state index contributed by atoms with van der Waals surface area (Å²) < 4.78 is 79.5. The molecule has 0 aliphatic carbocycles. The molecule has 0 unspecified atom stereocenters. The summed E-state index contributed by atoms with van der Waals surface area (Å²) in [4.78, 5) is 15.7. The average molecular weight is 435 g/mol. The molecule has 0 atom stereocenters. The van der Waals surface area contributed by atoms with E-state index >= 15 is 0 Å². The zero-order chi connectivity index (χ0) is 21.6. The van der Waals surface area contributed by atoms with Gasteiger partial charge in [-0.1, -0.05) is 0 Å². The molecule has 8 nitrogen and oxygen atoms in total. The minimum Gasteiger partial charge on any atom is -0.406 e. The smallest absolute Gasteiger partial charge is 0.406 e. The Labute approximate surface area is 161 Å². The minimum atomic E-state index is -5.07. The van der Waals surface area contributed by atoms with Crippen LogP contribution in [-0.4, -0.2) is 54.9 Å². The summed E-state index contributed by atoms with van der Waals surface area (Å²) >= 11 is 0. The van der Waals surface area contributed by atoms with Gasteiger partial charge in [0.1, 0.15) is 16.5 Å². The van der Waals surface area contributed by atoms with E-state index in [2.05, 4.69) is 9.72 Å². The number of carbonyl (C=O) groups excluding carboxylic acids is 1. The van der Waals surface area contributed by atoms with Crippen molar-refractivity contribution in [2.45, 2.75) is 22.3 Å². The number of alkyl halides is 3. The van der Waals surface area contributed by atoms with Crippen LogP contribution in [0, 0.1) is 5.82 Å². The minimum absolute atomic E-state index is 0.0809. The summed E-state index contributed by atoms with van der Waals surface area (Å²) in [6.45, 7) is 0.162. The van der Waals surface area contributed by atoms with E-state index in [1.54, 1.807) is 0 Å². The Morgan fingerprint density at radius 1 is 1.28 bits per heavy atom. The molecule has 0 spiro atoms. The van der Waals surface area contributed by atoms with Crippen LogP contribution in [0.1, 0.15) is 10.5 Å². The molecule has 3 rings (SSSR count). The van der Waals surface area contributed by atoms with Crippen LogP contribution in [0.15, 0.2) is 40.3 Å². The van der Waals surface area contributed by atoms with Gasteiger partial charge in [0.15, 0.2) is 5.69 Å². The summed E-state index contributed by atoms with van der Waals surface area (Å²) in [6, 6.07) is 2.44. The molecule has 2 heterocycles. The number of nitrogens with zero attached hydrogens (tertiary/aromatic N) is 2. The number of benzene rings is 1. The normalized spacial score (nSPS) is 15.1. The number of nitrogens with two attached hydrogens (primary N) is 1. The Kier molecular flexibility index (Phi) is 5.13. The van der Waals surface area contributed by atoms with Gasteiger partial charge < -0.3 is 20.5 Å². The third-order valence-corrected chi connectivity index (χ3v) is 5.73. The van der Waals surface area contributed by atoms with Gasteiger partial charge in [0.05, 0.1) is 16.7 Å². The first-order chi connectivity index (χ1) is 13.4. The Balaban J connectivity index is 1.90. The Morgan fingerprint density at radius 3 is 2.45 bits per heavy atom. The van der Waals surface area contributed by atoms with Crippen LogP contribution >= 0.6 is 0 Å². The SMILES string of the molecule is Nc1cc(S(=O)(=O)c2ccc(OC(F)(F)F)cc2F)cnc1C(=O)N1CC(O)C1. The number of ether oxygens (including phenoxy) is 1. The second-order valence-corrected chi connectivity index (χ2v) is 8.03. The first-order valence-corrected chi connectivity index (χ1v) is 9.40. The van der Waals surface area contributed by atoms with Crippen molar-refractivity contribution in [2.24, 2.45) is 0 Å². The number of carbonyl (C=O) groups is 1. The maximum atomic E-state index is 14.1. The molecule has 1 amide bonds. The standard InChI is InChI=1S/C16H13F4N3O5S/c17-11-3-9(28-16(18,19)20)1-2-13(11)29(26,27)10-4-12(21)14(22-5-10)15(25)23-6-8(24)7-23/h1-5,8,24H,6-7,21H2. The van der Waals surface area contributed by atoms with E-state index in [0.29, 0.717) is 12.1 Å². The largest absolute Gasteiger partial charge is 0.573 e. The fourth-order valence-corrected chi connectivity index (χ4v) is 3.87. The van der Waals surface area contributed by atoms with Crippen LogP contribution in [0.4, 0.5) is 23.2 Å². The molecule has 29 heavy (non-hydrogen) atoms. The quantitative estimate of drug-likeness (QED) is 0.695. The van der Waals surface area contributed by atoms with Crippen LogP contribution in [0.3, 0.4) is 0 Å². The number of hydrogen-bond acceptors (Lipinski definition) is 7. The molecule has 1 aromatic carbocycles. The molecule has 0 saturated carbocycles. The van der Waals surface area contributed by atoms with Crippen molar-refractivity contribution in [3.8, 4) is 5.75 Å². The van der Waals surface area contributed by atoms with E-state index in [4.69, 9.17) is 5.73 Å². The highest BCUT2D eigenvalue weighted by Crippen LogP contribution is 2.30. The molecule has 13 heteroatoms. The second-order valence-electron chi connectivity index (χ2n) is 6.12. The van der Waals surface area contributed by atoms with Gasteiger partial charge in [-0.15, -0.1) is 13.2 Å². The average Bonchev–Trinajstić information content (AvgIpc) is 2.56. The highest BCUT2D eigenvalue weighted by atomic mass is 32.2. The van der Waals surface area contributed by atoms with Gasteiger partial charge in [0.25, 0.3) is 5.91 Å². The molecule has 0 radical (unpaired) electrons. The Hall–Kier alpha value is -2.93. The zero-order valence-corrected chi connectivity index (χ0v) is 15.2. The van der Waals surface area contributed by atoms with Crippen molar-refractivity contribution in [1.82, 2.24) is 9.88 Å². The molecule has 0 bridgehead atoms. The molecule has 156 valence electrons. The number of β-amino-alcohol motifs (C(OH)–C–C–N with tert-alkyl or cyclic N) is 1. The van der Waals surface area contributed by atoms with E-state index in [-0.39, 0.29) is 30.5 Å². The van der Waals surface area contributed by atoms with Gasteiger partial charge in [-0.3, -0.25) is 4.79 Å². The van der Waals surface area contributed by atoms with E-state index in [0.717, 1.165) is 12.3 Å². The number of likely N-dealkylation sites (tertiary alicyclic amines) is 1. The van der Waals surface area contributed by atoms with Gasteiger partial charge >= 0.3 is 6.36 Å². The molecule has 1 aliphatic rings. The van der Waals surface area contributed by atoms with Crippen LogP contribution in [0.5, 0.6) is 5.75 Å². The topological polar surface area (TPSA) is 123 Å². The van der Waals surface area contributed by atoms with Gasteiger partial charge in [-0.05, 0) is 18.2 Å². The Bertz CT molecular complexity index is 1070. The highest BCUT2D eigenvalue weighted by Gasteiger charge is 2.33.